The molecule has 0 fully saturated rings. The molecule has 16 heavy (non-hydrogen) atoms. The first kappa shape index (κ1) is 15.4. The van der Waals surface area contributed by atoms with E-state index in [-0.39, 0.29) is 12.0 Å². The van der Waals surface area contributed by atoms with E-state index in [1.807, 2.05) is 13.8 Å². The largest absolute Gasteiger partial charge is 0.481 e. The second-order valence-electron chi connectivity index (χ2n) is 5.62. The Bertz CT molecular complexity index is 210. The average Bonchev–Trinajstić information content (AvgIpc) is 1.98. The number of hydrogen-bond donors (Lipinski definition) is 3. The smallest absolute Gasteiger partial charge is 0.304 e. The molecule has 0 amide bonds. The van der Waals surface area contributed by atoms with Crippen LogP contribution in [0.25, 0.3) is 0 Å². The average molecular weight is 230 g/mol. The lowest BCUT2D eigenvalue weighted by molar-refractivity contribution is -0.136. The summed E-state index contributed by atoms with van der Waals surface area (Å²) in [5, 5.41) is 11.9. The highest BCUT2D eigenvalue weighted by atomic mass is 16.4. The van der Waals surface area contributed by atoms with Crippen molar-refractivity contribution in [2.24, 2.45) is 11.7 Å². The van der Waals surface area contributed by atoms with Gasteiger partial charge in [-0.05, 0) is 32.6 Å². The van der Waals surface area contributed by atoms with E-state index in [1.54, 1.807) is 0 Å². The molecular weight excluding hydrogens is 204 g/mol. The van der Waals surface area contributed by atoms with Crippen molar-refractivity contribution in [1.82, 2.24) is 5.32 Å². The van der Waals surface area contributed by atoms with Gasteiger partial charge in [0.15, 0.2) is 0 Å². The van der Waals surface area contributed by atoms with Crippen molar-refractivity contribution in [1.29, 1.82) is 0 Å². The Kier molecular flexibility index (Phi) is 6.60. The maximum absolute atomic E-state index is 10.4. The molecule has 96 valence electrons. The molecule has 1 atom stereocenters. The van der Waals surface area contributed by atoms with E-state index in [4.69, 9.17) is 10.8 Å². The van der Waals surface area contributed by atoms with Crippen molar-refractivity contribution in [2.75, 3.05) is 6.54 Å². The predicted octanol–water partition coefficient (Wildman–Crippen LogP) is 1.59. The van der Waals surface area contributed by atoms with Crippen molar-refractivity contribution >= 4 is 5.97 Å². The summed E-state index contributed by atoms with van der Waals surface area (Å²) in [5.74, 6) is -0.174. The molecule has 0 rings (SSSR count). The summed E-state index contributed by atoms with van der Waals surface area (Å²) >= 11 is 0. The fraction of sp³-hybridized carbons (Fsp3) is 0.917. The van der Waals surface area contributed by atoms with Gasteiger partial charge in [0.1, 0.15) is 0 Å². The summed E-state index contributed by atoms with van der Waals surface area (Å²) in [7, 11) is 0. The molecule has 0 aliphatic rings. The highest BCUT2D eigenvalue weighted by Crippen LogP contribution is 2.14. The molecule has 0 bridgehead atoms. The van der Waals surface area contributed by atoms with E-state index in [2.05, 4.69) is 19.2 Å². The first-order chi connectivity index (χ1) is 7.20. The van der Waals surface area contributed by atoms with Crippen molar-refractivity contribution < 1.29 is 9.90 Å². The van der Waals surface area contributed by atoms with Crippen LogP contribution in [0.1, 0.15) is 47.0 Å². The van der Waals surface area contributed by atoms with Gasteiger partial charge in [0, 0.05) is 18.1 Å². The van der Waals surface area contributed by atoms with Gasteiger partial charge in [-0.15, -0.1) is 0 Å². The topological polar surface area (TPSA) is 75.3 Å². The maximum atomic E-state index is 10.4. The van der Waals surface area contributed by atoms with Crippen LogP contribution < -0.4 is 11.1 Å². The van der Waals surface area contributed by atoms with Gasteiger partial charge in [0.25, 0.3) is 0 Å². The fourth-order valence-electron chi connectivity index (χ4n) is 1.83. The summed E-state index contributed by atoms with van der Waals surface area (Å²) in [6.45, 7) is 8.84. The first-order valence-corrected chi connectivity index (χ1v) is 5.95. The fourth-order valence-corrected chi connectivity index (χ4v) is 1.83. The lowest BCUT2D eigenvalue weighted by atomic mass is 9.91. The van der Waals surface area contributed by atoms with E-state index in [9.17, 15) is 4.79 Å². The van der Waals surface area contributed by atoms with Crippen LogP contribution in [-0.2, 0) is 4.79 Å². The van der Waals surface area contributed by atoms with E-state index >= 15 is 0 Å². The van der Waals surface area contributed by atoms with Gasteiger partial charge < -0.3 is 16.2 Å². The Labute approximate surface area is 98.6 Å². The number of nitrogens with one attached hydrogen (secondary N) is 1. The first-order valence-electron chi connectivity index (χ1n) is 5.95. The summed E-state index contributed by atoms with van der Waals surface area (Å²) in [5.41, 5.74) is 5.77. The predicted molar refractivity (Wildman–Crippen MR) is 66.4 cm³/mol. The summed E-state index contributed by atoms with van der Waals surface area (Å²) in [6, 6.07) is 0.305. The third-order valence-corrected chi connectivity index (χ3v) is 2.30. The molecule has 0 aromatic rings. The number of rotatable bonds is 8. The van der Waals surface area contributed by atoms with Gasteiger partial charge in [0.2, 0.25) is 0 Å². The molecule has 0 heterocycles. The van der Waals surface area contributed by atoms with Crippen LogP contribution in [0.4, 0.5) is 0 Å². The third kappa shape index (κ3) is 9.93. The Balaban J connectivity index is 4.05. The van der Waals surface area contributed by atoms with E-state index < -0.39 is 5.97 Å². The lowest BCUT2D eigenvalue weighted by Crippen LogP contribution is -2.43. The molecule has 0 aromatic carbocycles. The zero-order chi connectivity index (χ0) is 12.8. The number of nitrogens with two attached hydrogens (primary N) is 1. The molecule has 4 N–H and O–H groups in total. The minimum absolute atomic E-state index is 0.166. The van der Waals surface area contributed by atoms with Crippen LogP contribution >= 0.6 is 0 Å². The molecule has 0 radical (unpaired) electrons. The zero-order valence-corrected chi connectivity index (χ0v) is 10.9. The highest BCUT2D eigenvalue weighted by Gasteiger charge is 2.19. The number of hydrogen-bond acceptors (Lipinski definition) is 3. The number of carboxylic acid groups (broad SMARTS) is 1. The van der Waals surface area contributed by atoms with Gasteiger partial charge in [-0.3, -0.25) is 4.79 Å². The Morgan fingerprint density at radius 1 is 1.44 bits per heavy atom. The van der Waals surface area contributed by atoms with E-state index in [0.29, 0.717) is 18.5 Å². The van der Waals surface area contributed by atoms with Crippen LogP contribution in [0.5, 0.6) is 0 Å². The Hall–Kier alpha value is -0.610. The molecule has 0 saturated carbocycles. The lowest BCUT2D eigenvalue weighted by Gasteiger charge is -2.28. The molecule has 4 heteroatoms. The SMILES string of the molecule is CC(C)CC(CC(C)(C)N)NCCC(=O)O. The second kappa shape index (κ2) is 6.86. The summed E-state index contributed by atoms with van der Waals surface area (Å²) in [4.78, 5) is 10.4. The van der Waals surface area contributed by atoms with Crippen LogP contribution in [-0.4, -0.2) is 29.2 Å². The van der Waals surface area contributed by atoms with E-state index in [1.165, 1.54) is 0 Å². The molecule has 0 aliphatic heterocycles. The molecule has 0 saturated heterocycles. The monoisotopic (exact) mass is 230 g/mol. The molecule has 0 spiro atoms. The van der Waals surface area contributed by atoms with Crippen molar-refractivity contribution in [3.63, 3.8) is 0 Å². The summed E-state index contributed by atoms with van der Waals surface area (Å²) < 4.78 is 0. The molecule has 0 aromatic heterocycles. The molecule has 0 aliphatic carbocycles. The van der Waals surface area contributed by atoms with Gasteiger partial charge in [0.05, 0.1) is 6.42 Å². The van der Waals surface area contributed by atoms with Crippen molar-refractivity contribution in [2.45, 2.75) is 58.5 Å². The normalized spacial score (nSPS) is 14.1. The number of carbonyl (C=O) groups is 1. The standard InChI is InChI=1S/C12H26N2O2/c1-9(2)7-10(8-12(3,4)13)14-6-5-11(15)16/h9-10,14H,5-8,13H2,1-4H3,(H,15,16). The van der Waals surface area contributed by atoms with Gasteiger partial charge >= 0.3 is 5.97 Å². The maximum Gasteiger partial charge on any atom is 0.304 e. The second-order valence-corrected chi connectivity index (χ2v) is 5.62. The quantitative estimate of drug-likeness (QED) is 0.592. The van der Waals surface area contributed by atoms with Crippen LogP contribution in [0.3, 0.4) is 0 Å². The van der Waals surface area contributed by atoms with Crippen LogP contribution in [0.15, 0.2) is 0 Å². The van der Waals surface area contributed by atoms with Gasteiger partial charge in [-0.2, -0.15) is 0 Å². The van der Waals surface area contributed by atoms with Gasteiger partial charge in [-0.25, -0.2) is 0 Å². The number of aliphatic carboxylic acids is 1. The van der Waals surface area contributed by atoms with E-state index in [0.717, 1.165) is 12.8 Å². The summed E-state index contributed by atoms with van der Waals surface area (Å²) in [6.07, 6.45) is 2.06. The Morgan fingerprint density at radius 3 is 2.38 bits per heavy atom. The minimum atomic E-state index is -0.761. The molecule has 1 unspecified atom stereocenters. The van der Waals surface area contributed by atoms with Gasteiger partial charge in [-0.1, -0.05) is 13.8 Å². The zero-order valence-electron chi connectivity index (χ0n) is 10.9. The highest BCUT2D eigenvalue weighted by molar-refractivity contribution is 5.66. The molecular formula is C12H26N2O2. The third-order valence-electron chi connectivity index (χ3n) is 2.30. The van der Waals surface area contributed by atoms with Crippen LogP contribution in [0, 0.1) is 5.92 Å². The minimum Gasteiger partial charge on any atom is -0.481 e. The molecule has 4 nitrogen and oxygen atoms in total. The van der Waals surface area contributed by atoms with Crippen molar-refractivity contribution in [3.05, 3.63) is 0 Å². The van der Waals surface area contributed by atoms with Crippen molar-refractivity contribution in [3.8, 4) is 0 Å². The number of carboxylic acids is 1. The Morgan fingerprint density at radius 2 is 2.00 bits per heavy atom. The van der Waals surface area contributed by atoms with Crippen LogP contribution in [0.2, 0.25) is 0 Å².